The van der Waals surface area contributed by atoms with Crippen LogP contribution in [0.2, 0.25) is 0 Å². The lowest BCUT2D eigenvalue weighted by atomic mass is 9.83. The van der Waals surface area contributed by atoms with Crippen molar-refractivity contribution in [2.24, 2.45) is 5.92 Å². The van der Waals surface area contributed by atoms with Gasteiger partial charge in [-0.2, -0.15) is 0 Å². The third-order valence-corrected chi connectivity index (χ3v) is 3.65. The molecule has 4 nitrogen and oxygen atoms in total. The first-order valence-corrected chi connectivity index (χ1v) is 6.82. The van der Waals surface area contributed by atoms with E-state index in [4.69, 9.17) is 10.5 Å². The Morgan fingerprint density at radius 1 is 1.42 bits per heavy atom. The van der Waals surface area contributed by atoms with E-state index in [1.807, 2.05) is 0 Å². The molecule has 0 aliphatic heterocycles. The second-order valence-corrected chi connectivity index (χ2v) is 5.39. The van der Waals surface area contributed by atoms with Crippen LogP contribution < -0.4 is 10.5 Å². The van der Waals surface area contributed by atoms with Crippen LogP contribution in [-0.2, 0) is 0 Å². The van der Waals surface area contributed by atoms with Gasteiger partial charge in [0.25, 0.3) is 5.91 Å². The van der Waals surface area contributed by atoms with Crippen LogP contribution in [0.5, 0.6) is 5.75 Å². The number of amides is 1. The molecular formula is C15H22N2O2. The van der Waals surface area contributed by atoms with Crippen LogP contribution in [-0.4, -0.2) is 31.5 Å². The number of carbonyl (C=O) groups excluding carboxylic acids is 1. The summed E-state index contributed by atoms with van der Waals surface area (Å²) in [6, 6.07) is 5.20. The summed E-state index contributed by atoms with van der Waals surface area (Å²) in [5, 5.41) is 0. The molecule has 1 amide bonds. The van der Waals surface area contributed by atoms with Gasteiger partial charge in [0.2, 0.25) is 0 Å². The quantitative estimate of drug-likeness (QED) is 0.830. The molecule has 1 aromatic rings. The highest BCUT2D eigenvalue weighted by molar-refractivity contribution is 5.97. The predicted octanol–water partition coefficient (Wildman–Crippen LogP) is 2.54. The van der Waals surface area contributed by atoms with Crippen molar-refractivity contribution >= 4 is 11.6 Å². The van der Waals surface area contributed by atoms with Gasteiger partial charge < -0.3 is 15.4 Å². The number of anilines is 1. The van der Waals surface area contributed by atoms with Crippen LogP contribution in [0.1, 0.15) is 36.0 Å². The fourth-order valence-corrected chi connectivity index (χ4v) is 2.19. The molecule has 19 heavy (non-hydrogen) atoms. The van der Waals surface area contributed by atoms with Gasteiger partial charge in [-0.3, -0.25) is 4.79 Å². The van der Waals surface area contributed by atoms with Crippen molar-refractivity contribution in [3.05, 3.63) is 23.8 Å². The average Bonchev–Trinajstić information content (AvgIpc) is 2.31. The molecule has 0 heterocycles. The van der Waals surface area contributed by atoms with Crippen LogP contribution in [0.3, 0.4) is 0 Å². The normalized spacial score (nSPS) is 14.8. The van der Waals surface area contributed by atoms with Gasteiger partial charge in [-0.15, -0.1) is 0 Å². The molecule has 0 atom stereocenters. The van der Waals surface area contributed by atoms with E-state index < -0.39 is 0 Å². The Labute approximate surface area is 114 Å². The number of nitrogens with two attached hydrogens (primary N) is 1. The zero-order valence-corrected chi connectivity index (χ0v) is 11.7. The fourth-order valence-electron chi connectivity index (χ4n) is 2.19. The molecule has 0 spiro atoms. The van der Waals surface area contributed by atoms with Gasteiger partial charge in [-0.1, -0.05) is 19.3 Å². The Morgan fingerprint density at radius 2 is 2.16 bits per heavy atom. The molecular weight excluding hydrogens is 240 g/mol. The van der Waals surface area contributed by atoms with Gasteiger partial charge in [0.1, 0.15) is 5.75 Å². The molecule has 1 aliphatic carbocycles. The predicted molar refractivity (Wildman–Crippen MR) is 76.3 cm³/mol. The monoisotopic (exact) mass is 262 g/mol. The highest BCUT2D eigenvalue weighted by Gasteiger charge is 2.18. The summed E-state index contributed by atoms with van der Waals surface area (Å²) in [4.78, 5) is 13.6. The smallest absolute Gasteiger partial charge is 0.257 e. The lowest BCUT2D eigenvalue weighted by Crippen LogP contribution is -2.23. The Hall–Kier alpha value is -1.71. The fraction of sp³-hybridized carbons (Fsp3) is 0.533. The minimum Gasteiger partial charge on any atom is -0.493 e. The maximum absolute atomic E-state index is 12.0. The molecule has 1 aliphatic rings. The van der Waals surface area contributed by atoms with Gasteiger partial charge in [0.05, 0.1) is 12.2 Å². The summed E-state index contributed by atoms with van der Waals surface area (Å²) in [6.45, 7) is 0.655. The summed E-state index contributed by atoms with van der Waals surface area (Å²) < 4.78 is 5.77. The van der Waals surface area contributed by atoms with E-state index >= 15 is 0 Å². The molecule has 0 saturated heterocycles. The molecule has 1 saturated carbocycles. The number of rotatable bonds is 5. The van der Waals surface area contributed by atoms with Gasteiger partial charge >= 0.3 is 0 Å². The van der Waals surface area contributed by atoms with Crippen molar-refractivity contribution in [2.75, 3.05) is 26.4 Å². The second-order valence-electron chi connectivity index (χ2n) is 5.39. The van der Waals surface area contributed by atoms with E-state index in [1.54, 1.807) is 37.2 Å². The molecule has 104 valence electrons. The molecule has 0 aromatic heterocycles. The highest BCUT2D eigenvalue weighted by Crippen LogP contribution is 2.30. The molecule has 1 fully saturated rings. The number of hydrogen-bond acceptors (Lipinski definition) is 3. The first-order valence-electron chi connectivity index (χ1n) is 6.82. The topological polar surface area (TPSA) is 55.6 Å². The first-order chi connectivity index (χ1) is 9.08. The number of nitrogens with zero attached hydrogens (tertiary/aromatic N) is 1. The average molecular weight is 262 g/mol. The van der Waals surface area contributed by atoms with E-state index in [9.17, 15) is 4.79 Å². The number of carbonyl (C=O) groups is 1. The van der Waals surface area contributed by atoms with E-state index in [2.05, 4.69) is 0 Å². The minimum atomic E-state index is -0.0568. The van der Waals surface area contributed by atoms with E-state index in [1.165, 1.54) is 19.3 Å². The lowest BCUT2D eigenvalue weighted by Gasteiger charge is -2.25. The standard InChI is InChI=1S/C15H22N2O2/c1-17(2)15(18)13-7-6-12(16)10-14(13)19-9-8-11-4-3-5-11/h6-7,10-11H,3-5,8-9,16H2,1-2H3. The van der Waals surface area contributed by atoms with Crippen molar-refractivity contribution in [1.82, 2.24) is 4.90 Å². The van der Waals surface area contributed by atoms with Gasteiger partial charge in [-0.05, 0) is 24.5 Å². The zero-order chi connectivity index (χ0) is 13.8. The maximum atomic E-state index is 12.0. The largest absolute Gasteiger partial charge is 0.493 e. The molecule has 0 bridgehead atoms. The van der Waals surface area contributed by atoms with Crippen molar-refractivity contribution < 1.29 is 9.53 Å². The minimum absolute atomic E-state index is 0.0568. The molecule has 1 aromatic carbocycles. The molecule has 2 rings (SSSR count). The maximum Gasteiger partial charge on any atom is 0.257 e. The lowest BCUT2D eigenvalue weighted by molar-refractivity contribution is 0.0822. The third kappa shape index (κ3) is 3.40. The van der Waals surface area contributed by atoms with Crippen molar-refractivity contribution in [2.45, 2.75) is 25.7 Å². The molecule has 2 N–H and O–H groups in total. The number of benzene rings is 1. The molecule has 4 heteroatoms. The van der Waals surface area contributed by atoms with Gasteiger partial charge in [-0.25, -0.2) is 0 Å². The Morgan fingerprint density at radius 3 is 2.74 bits per heavy atom. The van der Waals surface area contributed by atoms with E-state index in [0.717, 1.165) is 12.3 Å². The van der Waals surface area contributed by atoms with Crippen molar-refractivity contribution in [3.63, 3.8) is 0 Å². The second kappa shape index (κ2) is 5.95. The molecule has 0 unspecified atom stereocenters. The third-order valence-electron chi connectivity index (χ3n) is 3.65. The molecule has 0 radical (unpaired) electrons. The Kier molecular flexibility index (Phi) is 4.30. The van der Waals surface area contributed by atoms with Crippen LogP contribution in [0.4, 0.5) is 5.69 Å². The SMILES string of the molecule is CN(C)C(=O)c1ccc(N)cc1OCCC1CCC1. The number of ether oxygens (including phenoxy) is 1. The van der Waals surface area contributed by atoms with E-state index in [-0.39, 0.29) is 5.91 Å². The number of hydrogen-bond donors (Lipinski definition) is 1. The van der Waals surface area contributed by atoms with Crippen LogP contribution >= 0.6 is 0 Å². The van der Waals surface area contributed by atoms with Crippen molar-refractivity contribution in [3.8, 4) is 5.75 Å². The summed E-state index contributed by atoms with van der Waals surface area (Å²) in [5.41, 5.74) is 6.96. The summed E-state index contributed by atoms with van der Waals surface area (Å²) in [5.74, 6) is 1.34. The summed E-state index contributed by atoms with van der Waals surface area (Å²) >= 11 is 0. The van der Waals surface area contributed by atoms with E-state index in [0.29, 0.717) is 23.6 Å². The van der Waals surface area contributed by atoms with Crippen LogP contribution in [0, 0.1) is 5.92 Å². The van der Waals surface area contributed by atoms with Crippen molar-refractivity contribution in [1.29, 1.82) is 0 Å². The highest BCUT2D eigenvalue weighted by atomic mass is 16.5. The summed E-state index contributed by atoms with van der Waals surface area (Å²) in [7, 11) is 3.47. The van der Waals surface area contributed by atoms with Gasteiger partial charge in [0, 0.05) is 25.8 Å². The zero-order valence-electron chi connectivity index (χ0n) is 11.7. The first kappa shape index (κ1) is 13.7. The summed E-state index contributed by atoms with van der Waals surface area (Å²) in [6.07, 6.45) is 5.02. The Balaban J connectivity index is 2.03. The van der Waals surface area contributed by atoms with Gasteiger partial charge in [0.15, 0.2) is 0 Å². The van der Waals surface area contributed by atoms with Crippen LogP contribution in [0.25, 0.3) is 0 Å². The van der Waals surface area contributed by atoms with Crippen LogP contribution in [0.15, 0.2) is 18.2 Å². The number of nitrogen functional groups attached to an aromatic ring is 1. The Bertz CT molecular complexity index is 453.